The number of hydrogen-bond donors (Lipinski definition) is 2. The predicted octanol–water partition coefficient (Wildman–Crippen LogP) is 1.88. The number of nitrogens with one attached hydrogen (secondary N) is 1. The Balaban J connectivity index is 1.46. The molecule has 0 saturated carbocycles. The highest BCUT2D eigenvalue weighted by molar-refractivity contribution is 5.76. The van der Waals surface area contributed by atoms with E-state index >= 15 is 0 Å². The maximum atomic E-state index is 11.5. The average Bonchev–Trinajstić information content (AvgIpc) is 2.88. The van der Waals surface area contributed by atoms with E-state index in [1.807, 2.05) is 25.1 Å². The van der Waals surface area contributed by atoms with Crippen LogP contribution in [0.15, 0.2) is 24.3 Å². The van der Waals surface area contributed by atoms with Gasteiger partial charge in [-0.3, -0.25) is 4.79 Å². The van der Waals surface area contributed by atoms with Crippen LogP contribution >= 0.6 is 0 Å². The van der Waals surface area contributed by atoms with Crippen molar-refractivity contribution in [3.63, 3.8) is 0 Å². The van der Waals surface area contributed by atoms with Crippen molar-refractivity contribution in [1.29, 1.82) is 0 Å². The van der Waals surface area contributed by atoms with Crippen LogP contribution in [-0.4, -0.2) is 47.0 Å². The molecule has 148 valence electrons. The van der Waals surface area contributed by atoms with Crippen molar-refractivity contribution in [2.75, 3.05) is 31.5 Å². The van der Waals surface area contributed by atoms with E-state index in [1.165, 1.54) is 0 Å². The monoisotopic (exact) mass is 381 g/mol. The van der Waals surface area contributed by atoms with E-state index in [0.717, 1.165) is 79.7 Å². The summed E-state index contributed by atoms with van der Waals surface area (Å²) in [6.07, 6.45) is 2.67. The molecule has 0 spiro atoms. The summed E-state index contributed by atoms with van der Waals surface area (Å²) in [5, 5.41) is 3.50. The van der Waals surface area contributed by atoms with Gasteiger partial charge in [-0.2, -0.15) is 0 Å². The first kappa shape index (κ1) is 18.7. The van der Waals surface area contributed by atoms with Crippen LogP contribution in [0.1, 0.15) is 35.5 Å². The summed E-state index contributed by atoms with van der Waals surface area (Å²) in [5.41, 5.74) is 8.68. The second-order valence-corrected chi connectivity index (χ2v) is 7.59. The van der Waals surface area contributed by atoms with Crippen LogP contribution in [0.25, 0.3) is 0 Å². The van der Waals surface area contributed by atoms with E-state index in [-0.39, 0.29) is 11.8 Å². The minimum Gasteiger partial charge on any atom is -0.487 e. The molecule has 1 fully saturated rings. The van der Waals surface area contributed by atoms with Crippen LogP contribution in [0.5, 0.6) is 5.75 Å². The zero-order valence-electron chi connectivity index (χ0n) is 16.3. The third-order valence-electron chi connectivity index (χ3n) is 5.54. The maximum Gasteiger partial charge on any atom is 0.221 e. The third kappa shape index (κ3) is 4.09. The number of ether oxygens (including phenoxy) is 1. The number of carbonyl (C=O) groups is 1. The molecule has 1 atom stereocenters. The Labute approximate surface area is 165 Å². The molecule has 2 aromatic rings. The molecule has 28 heavy (non-hydrogen) atoms. The fourth-order valence-corrected chi connectivity index (χ4v) is 4.06. The van der Waals surface area contributed by atoms with Crippen LogP contribution < -0.4 is 15.8 Å². The summed E-state index contributed by atoms with van der Waals surface area (Å²) in [4.78, 5) is 23.0. The molecule has 1 saturated heterocycles. The number of nitrogens with two attached hydrogens (primary N) is 1. The van der Waals surface area contributed by atoms with E-state index in [9.17, 15) is 4.79 Å². The van der Waals surface area contributed by atoms with Gasteiger partial charge in [0.05, 0.1) is 11.6 Å². The number of para-hydroxylation sites is 1. The molecular formula is C21H27N5O2. The largest absolute Gasteiger partial charge is 0.487 e. The zero-order chi connectivity index (χ0) is 19.5. The summed E-state index contributed by atoms with van der Waals surface area (Å²) in [6, 6.07) is 8.11. The molecule has 1 amide bonds. The molecule has 0 aliphatic carbocycles. The molecule has 3 heterocycles. The van der Waals surface area contributed by atoms with Gasteiger partial charge in [-0.25, -0.2) is 9.97 Å². The summed E-state index contributed by atoms with van der Waals surface area (Å²) in [6.45, 7) is 5.74. The molecule has 4 rings (SSSR count). The maximum absolute atomic E-state index is 11.5. The van der Waals surface area contributed by atoms with Gasteiger partial charge in [0.2, 0.25) is 5.91 Å². The molecular weight excluding hydrogens is 354 g/mol. The van der Waals surface area contributed by atoms with Crippen molar-refractivity contribution in [3.05, 3.63) is 46.9 Å². The van der Waals surface area contributed by atoms with Gasteiger partial charge in [0.1, 0.15) is 24.0 Å². The van der Waals surface area contributed by atoms with Crippen LogP contribution in [0.4, 0.5) is 5.82 Å². The Morgan fingerprint density at radius 3 is 3.07 bits per heavy atom. The molecule has 3 N–H and O–H groups in total. The molecule has 1 aromatic carbocycles. The second-order valence-electron chi connectivity index (χ2n) is 7.59. The smallest absolute Gasteiger partial charge is 0.221 e. The van der Waals surface area contributed by atoms with Crippen molar-refractivity contribution in [2.24, 2.45) is 11.7 Å². The lowest BCUT2D eigenvalue weighted by Crippen LogP contribution is -2.42. The number of primary amides is 1. The lowest BCUT2D eigenvalue weighted by atomic mass is 9.97. The quantitative estimate of drug-likeness (QED) is 0.821. The third-order valence-corrected chi connectivity index (χ3v) is 5.54. The fraction of sp³-hybridized carbons (Fsp3) is 0.476. The Kier molecular flexibility index (Phi) is 5.43. The molecule has 7 heteroatoms. The molecule has 7 nitrogen and oxygen atoms in total. The van der Waals surface area contributed by atoms with Gasteiger partial charge in [-0.05, 0) is 37.9 Å². The van der Waals surface area contributed by atoms with E-state index in [4.69, 9.17) is 10.5 Å². The molecule has 1 aromatic heterocycles. The number of likely N-dealkylation sites (tertiary alicyclic amines) is 1. The number of piperidine rings is 1. The number of benzene rings is 1. The molecule has 0 bridgehead atoms. The van der Waals surface area contributed by atoms with Gasteiger partial charge in [-0.1, -0.05) is 18.2 Å². The second kappa shape index (κ2) is 8.14. The lowest BCUT2D eigenvalue weighted by molar-refractivity contribution is -0.123. The average molecular weight is 381 g/mol. The summed E-state index contributed by atoms with van der Waals surface area (Å²) in [7, 11) is 0. The summed E-state index contributed by atoms with van der Waals surface area (Å²) in [5.74, 6) is 2.32. The molecule has 2 aliphatic rings. The number of carbonyl (C=O) groups excluding carboxylic acids is 1. The molecule has 0 radical (unpaired) electrons. The number of hydrogen-bond acceptors (Lipinski definition) is 6. The molecule has 0 unspecified atom stereocenters. The fourth-order valence-electron chi connectivity index (χ4n) is 4.06. The highest BCUT2D eigenvalue weighted by atomic mass is 16.5. The van der Waals surface area contributed by atoms with Crippen LogP contribution in [0, 0.1) is 12.8 Å². The first-order valence-electron chi connectivity index (χ1n) is 9.93. The summed E-state index contributed by atoms with van der Waals surface area (Å²) < 4.78 is 5.95. The SMILES string of the molecule is Cc1nc2c(c(NCCN3CCC[C@@H](C(N)=O)C3)n1)Cc1ccccc1OC2. The topological polar surface area (TPSA) is 93.4 Å². The normalized spacial score (nSPS) is 19.1. The van der Waals surface area contributed by atoms with Gasteiger partial charge >= 0.3 is 0 Å². The Morgan fingerprint density at radius 1 is 1.36 bits per heavy atom. The highest BCUT2D eigenvalue weighted by Gasteiger charge is 2.24. The number of aromatic nitrogens is 2. The van der Waals surface area contributed by atoms with Gasteiger partial charge in [0.25, 0.3) is 0 Å². The Hall–Kier alpha value is -2.67. The Bertz CT molecular complexity index is 870. The number of fused-ring (bicyclic) bond motifs is 2. The zero-order valence-corrected chi connectivity index (χ0v) is 16.3. The standard InChI is InChI=1S/C21H27N5O2/c1-14-24-18-13-28-19-7-3-2-5-15(19)11-17(18)21(25-14)23-8-10-26-9-4-6-16(12-26)20(22)27/h2-3,5,7,16H,4,6,8-13H2,1H3,(H2,22,27)(H,23,24,25)/t16-/m1/s1. The number of nitrogens with zero attached hydrogens (tertiary/aromatic N) is 3. The Morgan fingerprint density at radius 2 is 2.21 bits per heavy atom. The molecule has 2 aliphatic heterocycles. The number of amides is 1. The summed E-state index contributed by atoms with van der Waals surface area (Å²) >= 11 is 0. The van der Waals surface area contributed by atoms with Gasteiger partial charge in [0.15, 0.2) is 0 Å². The van der Waals surface area contributed by atoms with E-state index in [1.54, 1.807) is 0 Å². The van der Waals surface area contributed by atoms with Crippen LogP contribution in [-0.2, 0) is 17.8 Å². The first-order valence-corrected chi connectivity index (χ1v) is 9.93. The van der Waals surface area contributed by atoms with Crippen molar-refractivity contribution in [1.82, 2.24) is 14.9 Å². The lowest BCUT2D eigenvalue weighted by Gasteiger charge is -2.31. The minimum atomic E-state index is -0.187. The first-order chi connectivity index (χ1) is 13.6. The van der Waals surface area contributed by atoms with Crippen molar-refractivity contribution >= 4 is 11.7 Å². The van der Waals surface area contributed by atoms with Crippen molar-refractivity contribution < 1.29 is 9.53 Å². The number of anilines is 1. The van der Waals surface area contributed by atoms with Gasteiger partial charge < -0.3 is 20.7 Å². The van der Waals surface area contributed by atoms with Crippen molar-refractivity contribution in [2.45, 2.75) is 32.8 Å². The van der Waals surface area contributed by atoms with E-state index in [2.05, 4.69) is 26.3 Å². The van der Waals surface area contributed by atoms with Gasteiger partial charge in [-0.15, -0.1) is 0 Å². The predicted molar refractivity (Wildman–Crippen MR) is 107 cm³/mol. The highest BCUT2D eigenvalue weighted by Crippen LogP contribution is 2.30. The van der Waals surface area contributed by atoms with Crippen LogP contribution in [0.3, 0.4) is 0 Å². The van der Waals surface area contributed by atoms with Crippen molar-refractivity contribution in [3.8, 4) is 5.75 Å². The van der Waals surface area contributed by atoms with Crippen LogP contribution in [0.2, 0.25) is 0 Å². The number of aryl methyl sites for hydroxylation is 1. The van der Waals surface area contributed by atoms with Gasteiger partial charge in [0, 0.05) is 31.6 Å². The number of rotatable bonds is 5. The minimum absolute atomic E-state index is 0.0278. The van der Waals surface area contributed by atoms with E-state index in [0.29, 0.717) is 6.61 Å². The van der Waals surface area contributed by atoms with E-state index < -0.39 is 0 Å².